The van der Waals surface area contributed by atoms with Crippen LogP contribution >= 0.6 is 0 Å². The molecule has 0 radical (unpaired) electrons. The van der Waals surface area contributed by atoms with Crippen LogP contribution in [0.5, 0.6) is 0 Å². The number of nitrogens with zero attached hydrogens (tertiary/aromatic N) is 2. The number of ketones is 1. The van der Waals surface area contributed by atoms with Crippen LogP contribution in [0.2, 0.25) is 0 Å². The fourth-order valence-electron chi connectivity index (χ4n) is 4.12. The third kappa shape index (κ3) is 6.79. The normalized spacial score (nSPS) is 11.5. The van der Waals surface area contributed by atoms with Gasteiger partial charge in [0, 0.05) is 23.5 Å². The number of hydrogen-bond acceptors (Lipinski definition) is 7. The van der Waals surface area contributed by atoms with Gasteiger partial charge >= 0.3 is 5.97 Å². The second-order valence-corrected chi connectivity index (χ2v) is 9.24. The van der Waals surface area contributed by atoms with E-state index in [1.54, 1.807) is 57.3 Å². The van der Waals surface area contributed by atoms with Gasteiger partial charge in [0.2, 0.25) is 5.91 Å². The monoisotopic (exact) mass is 556 g/mol. The van der Waals surface area contributed by atoms with Gasteiger partial charge in [0.25, 0.3) is 5.56 Å². The number of carbonyl (C=O) groups excluding carboxylic acids is 3. The number of likely N-dealkylation sites (N-methyl/N-ethyl adjacent to an activating group) is 1. The summed E-state index contributed by atoms with van der Waals surface area (Å²) in [5.74, 6) is -1.69. The fraction of sp³-hybridized carbons (Fsp3) is 0.194. The summed E-state index contributed by atoms with van der Waals surface area (Å²) >= 11 is 0. The molecule has 1 amide bonds. The Bertz CT molecular complexity index is 1650. The molecule has 0 saturated heterocycles. The number of benzene rings is 2. The van der Waals surface area contributed by atoms with Crippen LogP contribution in [-0.4, -0.2) is 46.9 Å². The predicted octanol–water partition coefficient (Wildman–Crippen LogP) is 4.05. The molecule has 2 aromatic heterocycles. The molecular formula is C31H29FN4O5. The Balaban J connectivity index is 1.77. The number of rotatable bonds is 10. The van der Waals surface area contributed by atoms with E-state index in [1.807, 2.05) is 0 Å². The SMILES string of the molecule is CCOC(=O)c1cccc(-c2ccc(NC(=O)C(C)NC)c(=O)n2Cc2cncc(C(=O)c3ccc(F)cc3)c2)c1. The van der Waals surface area contributed by atoms with Crippen molar-refractivity contribution in [3.8, 4) is 11.3 Å². The zero-order valence-corrected chi connectivity index (χ0v) is 22.8. The van der Waals surface area contributed by atoms with Crippen LogP contribution in [0.15, 0.2) is 83.9 Å². The number of esters is 1. The van der Waals surface area contributed by atoms with Crippen molar-refractivity contribution in [2.24, 2.45) is 0 Å². The molecule has 0 aliphatic heterocycles. The summed E-state index contributed by atoms with van der Waals surface area (Å²) in [4.78, 5) is 55.8. The average molecular weight is 557 g/mol. The van der Waals surface area contributed by atoms with Crippen LogP contribution < -0.4 is 16.2 Å². The molecule has 0 aliphatic rings. The summed E-state index contributed by atoms with van der Waals surface area (Å²) in [7, 11) is 1.63. The van der Waals surface area contributed by atoms with Crippen molar-refractivity contribution in [3.63, 3.8) is 0 Å². The molecule has 2 N–H and O–H groups in total. The molecule has 0 bridgehead atoms. The first kappa shape index (κ1) is 29.0. The van der Waals surface area contributed by atoms with E-state index in [-0.39, 0.29) is 36.1 Å². The van der Waals surface area contributed by atoms with Crippen molar-refractivity contribution in [3.05, 3.63) is 118 Å². The Labute approximate surface area is 236 Å². The molecule has 10 heteroatoms. The highest BCUT2D eigenvalue weighted by atomic mass is 19.1. The van der Waals surface area contributed by atoms with Crippen LogP contribution in [-0.2, 0) is 16.1 Å². The summed E-state index contributed by atoms with van der Waals surface area (Å²) in [6, 6.07) is 16.1. The molecule has 2 heterocycles. The largest absolute Gasteiger partial charge is 0.462 e. The first-order valence-corrected chi connectivity index (χ1v) is 13.0. The number of amides is 1. The van der Waals surface area contributed by atoms with E-state index >= 15 is 0 Å². The number of pyridine rings is 2. The van der Waals surface area contributed by atoms with Crippen molar-refractivity contribution in [2.45, 2.75) is 26.4 Å². The van der Waals surface area contributed by atoms with Gasteiger partial charge in [-0.2, -0.15) is 0 Å². The summed E-state index contributed by atoms with van der Waals surface area (Å²) in [6.07, 6.45) is 2.93. The zero-order valence-electron chi connectivity index (χ0n) is 22.8. The molecule has 9 nitrogen and oxygen atoms in total. The molecule has 0 spiro atoms. The highest BCUT2D eigenvalue weighted by molar-refractivity contribution is 6.08. The second-order valence-electron chi connectivity index (χ2n) is 9.24. The first-order valence-electron chi connectivity index (χ1n) is 13.0. The molecule has 0 fully saturated rings. The van der Waals surface area contributed by atoms with Crippen LogP contribution in [0.3, 0.4) is 0 Å². The smallest absolute Gasteiger partial charge is 0.338 e. The van der Waals surface area contributed by atoms with E-state index in [4.69, 9.17) is 4.74 Å². The zero-order chi connectivity index (χ0) is 29.5. The maximum Gasteiger partial charge on any atom is 0.338 e. The maximum absolute atomic E-state index is 13.7. The molecule has 0 saturated carbocycles. The fourth-order valence-corrected chi connectivity index (χ4v) is 4.12. The number of halogens is 1. The van der Waals surface area contributed by atoms with E-state index in [2.05, 4.69) is 15.6 Å². The first-order chi connectivity index (χ1) is 19.7. The van der Waals surface area contributed by atoms with Gasteiger partial charge in [0.15, 0.2) is 5.78 Å². The van der Waals surface area contributed by atoms with Gasteiger partial charge in [-0.1, -0.05) is 12.1 Å². The lowest BCUT2D eigenvalue weighted by Gasteiger charge is -2.17. The number of carbonyl (C=O) groups is 3. The minimum Gasteiger partial charge on any atom is -0.462 e. The predicted molar refractivity (Wildman–Crippen MR) is 152 cm³/mol. The second kappa shape index (κ2) is 12.9. The standard InChI is InChI=1S/C31H29FN4O5/c1-4-41-31(40)23-7-5-6-22(15-23)27-13-12-26(35-29(38)19(2)33-3)30(39)36(27)18-20-14-24(17-34-16-20)28(37)21-8-10-25(32)11-9-21/h5-17,19,33H,4,18H2,1-3H3,(H,35,38). The van der Waals surface area contributed by atoms with Gasteiger partial charge in [-0.05, 0) is 86.6 Å². The summed E-state index contributed by atoms with van der Waals surface area (Å²) < 4.78 is 19.9. The number of nitrogens with one attached hydrogen (secondary N) is 2. The topological polar surface area (TPSA) is 119 Å². The van der Waals surface area contributed by atoms with Crippen LogP contribution in [0.25, 0.3) is 11.3 Å². The third-order valence-electron chi connectivity index (χ3n) is 6.43. The third-order valence-corrected chi connectivity index (χ3v) is 6.43. The van der Waals surface area contributed by atoms with Crippen LogP contribution in [0, 0.1) is 5.82 Å². The molecule has 0 aliphatic carbocycles. The van der Waals surface area contributed by atoms with Crippen molar-refractivity contribution in [1.29, 1.82) is 0 Å². The van der Waals surface area contributed by atoms with E-state index in [0.717, 1.165) is 0 Å². The number of ether oxygens (including phenoxy) is 1. The molecule has 1 unspecified atom stereocenters. The minimum atomic E-state index is -0.540. The highest BCUT2D eigenvalue weighted by Gasteiger charge is 2.18. The van der Waals surface area contributed by atoms with Gasteiger partial charge in [0.05, 0.1) is 30.5 Å². The molecule has 4 aromatic rings. The van der Waals surface area contributed by atoms with Crippen LogP contribution in [0.1, 0.15) is 45.7 Å². The Kier molecular flexibility index (Phi) is 9.15. The molecule has 210 valence electrons. The van der Waals surface area contributed by atoms with Gasteiger partial charge in [-0.15, -0.1) is 0 Å². The quantitative estimate of drug-likeness (QED) is 0.223. The number of anilines is 1. The molecule has 2 aromatic carbocycles. The van der Waals surface area contributed by atoms with E-state index in [9.17, 15) is 23.6 Å². The van der Waals surface area contributed by atoms with Gasteiger partial charge in [-0.25, -0.2) is 9.18 Å². The molecular weight excluding hydrogens is 527 g/mol. The van der Waals surface area contributed by atoms with Gasteiger partial charge in [0.1, 0.15) is 11.5 Å². The lowest BCUT2D eigenvalue weighted by Crippen LogP contribution is -2.37. The average Bonchev–Trinajstić information content (AvgIpc) is 2.99. The Hall–Kier alpha value is -4.96. The van der Waals surface area contributed by atoms with Crippen molar-refractivity contribution in [1.82, 2.24) is 14.9 Å². The summed E-state index contributed by atoms with van der Waals surface area (Å²) in [5.41, 5.74) is 2.02. The molecule has 1 atom stereocenters. The summed E-state index contributed by atoms with van der Waals surface area (Å²) in [5, 5.41) is 5.49. The van der Waals surface area contributed by atoms with Gasteiger partial charge in [-0.3, -0.25) is 19.4 Å². The number of aromatic nitrogens is 2. The van der Waals surface area contributed by atoms with Crippen molar-refractivity contribution < 1.29 is 23.5 Å². The van der Waals surface area contributed by atoms with Crippen molar-refractivity contribution >= 4 is 23.3 Å². The number of hydrogen-bond donors (Lipinski definition) is 2. The van der Waals surface area contributed by atoms with E-state index < -0.39 is 23.4 Å². The Morgan fingerprint density at radius 2 is 1.73 bits per heavy atom. The molecule has 41 heavy (non-hydrogen) atoms. The molecule has 4 rings (SSSR count). The lowest BCUT2D eigenvalue weighted by molar-refractivity contribution is -0.117. The summed E-state index contributed by atoms with van der Waals surface area (Å²) in [6.45, 7) is 3.59. The minimum absolute atomic E-state index is 0.000625. The van der Waals surface area contributed by atoms with E-state index in [0.29, 0.717) is 27.9 Å². The van der Waals surface area contributed by atoms with Crippen molar-refractivity contribution in [2.75, 3.05) is 19.0 Å². The highest BCUT2D eigenvalue weighted by Crippen LogP contribution is 2.23. The maximum atomic E-state index is 13.7. The van der Waals surface area contributed by atoms with E-state index in [1.165, 1.54) is 47.3 Å². The van der Waals surface area contributed by atoms with Crippen LogP contribution in [0.4, 0.5) is 10.1 Å². The Morgan fingerprint density at radius 1 is 0.976 bits per heavy atom. The lowest BCUT2D eigenvalue weighted by atomic mass is 10.0. The van der Waals surface area contributed by atoms with Gasteiger partial charge < -0.3 is 19.9 Å². The Morgan fingerprint density at radius 3 is 2.44 bits per heavy atom.